The van der Waals surface area contributed by atoms with Crippen molar-refractivity contribution in [1.29, 1.82) is 0 Å². The number of nitrogens with zero attached hydrogens (tertiary/aromatic N) is 3. The van der Waals surface area contributed by atoms with E-state index in [1.807, 2.05) is 0 Å². The molecule has 2 rings (SSSR count). The number of nitro groups is 1. The van der Waals surface area contributed by atoms with Crippen molar-refractivity contribution >= 4 is 23.1 Å². The highest BCUT2D eigenvalue weighted by atomic mass is 16.6. The summed E-state index contributed by atoms with van der Waals surface area (Å²) in [5.41, 5.74) is 0.699. The van der Waals surface area contributed by atoms with Gasteiger partial charge in [0.05, 0.1) is 17.1 Å². The molecule has 1 heterocycles. The van der Waals surface area contributed by atoms with Gasteiger partial charge in [0.25, 0.3) is 17.5 Å². The van der Waals surface area contributed by atoms with Gasteiger partial charge in [-0.25, -0.2) is 0 Å². The summed E-state index contributed by atoms with van der Waals surface area (Å²) in [6.07, 6.45) is 2.52. The highest BCUT2D eigenvalue weighted by Gasteiger charge is 2.40. The van der Waals surface area contributed by atoms with Crippen LogP contribution in [0.2, 0.25) is 0 Å². The van der Waals surface area contributed by atoms with Crippen LogP contribution in [-0.4, -0.2) is 71.6 Å². The van der Waals surface area contributed by atoms with Crippen molar-refractivity contribution in [3.05, 3.63) is 45.6 Å². The molecule has 1 aromatic carbocycles. The maximum atomic E-state index is 13.0. The van der Waals surface area contributed by atoms with E-state index in [-0.39, 0.29) is 36.7 Å². The lowest BCUT2D eigenvalue weighted by atomic mass is 10.0. The smallest absolute Gasteiger partial charge is 0.277 e. The molecule has 158 valence electrons. The van der Waals surface area contributed by atoms with Gasteiger partial charge in [0.15, 0.2) is 0 Å². The largest absolute Gasteiger partial charge is 0.395 e. The number of hydrogen-bond donors (Lipinski definition) is 1. The van der Waals surface area contributed by atoms with E-state index in [2.05, 4.69) is 6.92 Å². The van der Waals surface area contributed by atoms with Gasteiger partial charge in [-0.3, -0.25) is 24.6 Å². The summed E-state index contributed by atoms with van der Waals surface area (Å²) >= 11 is 0. The summed E-state index contributed by atoms with van der Waals surface area (Å²) in [5, 5.41) is 20.1. The molecule has 1 aliphatic rings. The number of aliphatic hydroxyl groups excluding tert-OH is 1. The van der Waals surface area contributed by atoms with Crippen LogP contribution in [0.15, 0.2) is 30.0 Å². The first-order chi connectivity index (χ1) is 13.9. The van der Waals surface area contributed by atoms with E-state index in [4.69, 9.17) is 4.74 Å². The second-order valence-electron chi connectivity index (χ2n) is 6.75. The van der Waals surface area contributed by atoms with Crippen molar-refractivity contribution in [3.63, 3.8) is 0 Å². The number of nitro benzene ring substituents is 1. The lowest BCUT2D eigenvalue weighted by molar-refractivity contribution is -0.384. The summed E-state index contributed by atoms with van der Waals surface area (Å²) in [6.45, 7) is 3.39. The lowest BCUT2D eigenvalue weighted by Gasteiger charge is -2.20. The first-order valence-corrected chi connectivity index (χ1v) is 9.67. The minimum Gasteiger partial charge on any atom is -0.395 e. The molecule has 29 heavy (non-hydrogen) atoms. The number of ether oxygens (including phenoxy) is 1. The van der Waals surface area contributed by atoms with Crippen LogP contribution >= 0.6 is 0 Å². The zero-order chi connectivity index (χ0) is 21.4. The van der Waals surface area contributed by atoms with Crippen molar-refractivity contribution in [3.8, 4) is 0 Å². The Balaban J connectivity index is 2.22. The number of imide groups is 1. The van der Waals surface area contributed by atoms with Gasteiger partial charge in [0.1, 0.15) is 5.70 Å². The SMILES string of the molecule is CCCCOCCCN1C(=O)C(c2ccc([N+](=O)[O-])cc2)=C(N(C)CCO)C1=O. The predicted molar refractivity (Wildman–Crippen MR) is 107 cm³/mol. The van der Waals surface area contributed by atoms with Crippen molar-refractivity contribution in [2.45, 2.75) is 26.2 Å². The Morgan fingerprint density at radius 1 is 1.14 bits per heavy atom. The van der Waals surface area contributed by atoms with Crippen LogP contribution in [0.25, 0.3) is 5.57 Å². The molecular weight excluding hydrogens is 378 g/mol. The van der Waals surface area contributed by atoms with Crippen molar-refractivity contribution < 1.29 is 24.4 Å². The van der Waals surface area contributed by atoms with Gasteiger partial charge in [-0.2, -0.15) is 0 Å². The average molecular weight is 405 g/mol. The van der Waals surface area contributed by atoms with E-state index in [9.17, 15) is 24.8 Å². The lowest BCUT2D eigenvalue weighted by Crippen LogP contribution is -2.36. The second kappa shape index (κ2) is 10.7. The Morgan fingerprint density at radius 3 is 2.38 bits per heavy atom. The predicted octanol–water partition coefficient (Wildman–Crippen LogP) is 1.81. The van der Waals surface area contributed by atoms with Gasteiger partial charge in [-0.05, 0) is 30.5 Å². The van der Waals surface area contributed by atoms with Gasteiger partial charge in [0, 0.05) is 45.5 Å². The Labute approximate surface area is 169 Å². The topological polar surface area (TPSA) is 113 Å². The molecule has 0 saturated heterocycles. The molecule has 0 bridgehead atoms. The number of non-ortho nitro benzene ring substituents is 1. The Morgan fingerprint density at radius 2 is 1.79 bits per heavy atom. The fourth-order valence-electron chi connectivity index (χ4n) is 3.07. The van der Waals surface area contributed by atoms with Crippen LogP contribution in [0.1, 0.15) is 31.7 Å². The molecule has 0 radical (unpaired) electrons. The normalized spacial score (nSPS) is 14.1. The molecule has 1 N–H and O–H groups in total. The molecular formula is C20H27N3O6. The minimum absolute atomic E-state index is 0.0996. The molecule has 1 aromatic rings. The van der Waals surface area contributed by atoms with E-state index in [0.717, 1.165) is 12.8 Å². The number of unbranched alkanes of at least 4 members (excludes halogenated alkanes) is 1. The zero-order valence-electron chi connectivity index (χ0n) is 16.8. The van der Waals surface area contributed by atoms with Crippen molar-refractivity contribution in [2.24, 2.45) is 0 Å². The summed E-state index contributed by atoms with van der Waals surface area (Å²) in [5.74, 6) is -0.884. The number of likely N-dealkylation sites (N-methyl/N-ethyl adjacent to an activating group) is 1. The summed E-state index contributed by atoms with van der Waals surface area (Å²) < 4.78 is 5.49. The standard InChI is InChI=1S/C20H27N3O6/c1-3-4-13-29-14-5-10-22-19(25)17(18(20(22)26)21(2)11-12-24)15-6-8-16(9-7-15)23(27)28/h6-9,24H,3-5,10-14H2,1-2H3. The van der Waals surface area contributed by atoms with E-state index in [1.165, 1.54) is 34.1 Å². The molecule has 0 saturated carbocycles. The highest BCUT2D eigenvalue weighted by Crippen LogP contribution is 2.32. The second-order valence-corrected chi connectivity index (χ2v) is 6.75. The van der Waals surface area contributed by atoms with Gasteiger partial charge >= 0.3 is 0 Å². The molecule has 0 spiro atoms. The Hall–Kier alpha value is -2.78. The Kier molecular flexibility index (Phi) is 8.29. The third kappa shape index (κ3) is 5.39. The molecule has 0 atom stereocenters. The van der Waals surface area contributed by atoms with E-state index < -0.39 is 16.7 Å². The number of hydrogen-bond acceptors (Lipinski definition) is 7. The van der Waals surface area contributed by atoms with E-state index in [0.29, 0.717) is 25.2 Å². The first-order valence-electron chi connectivity index (χ1n) is 9.67. The fourth-order valence-corrected chi connectivity index (χ4v) is 3.07. The number of carbonyl (C=O) groups excluding carboxylic acids is 2. The van der Waals surface area contributed by atoms with Crippen molar-refractivity contribution in [2.75, 3.05) is 40.0 Å². The molecule has 9 heteroatoms. The number of rotatable bonds is 12. The first kappa shape index (κ1) is 22.5. The maximum absolute atomic E-state index is 13.0. The summed E-state index contributed by atoms with van der Waals surface area (Å²) in [7, 11) is 1.62. The summed E-state index contributed by atoms with van der Waals surface area (Å²) in [6, 6.07) is 5.52. The molecule has 0 unspecified atom stereocenters. The van der Waals surface area contributed by atoms with Gasteiger partial charge in [0.2, 0.25) is 0 Å². The van der Waals surface area contributed by atoms with Gasteiger partial charge in [-0.1, -0.05) is 13.3 Å². The fraction of sp³-hybridized carbons (Fsp3) is 0.500. The average Bonchev–Trinajstić information content (AvgIpc) is 2.95. The van der Waals surface area contributed by atoms with Gasteiger partial charge < -0.3 is 14.7 Å². The highest BCUT2D eigenvalue weighted by molar-refractivity contribution is 6.35. The van der Waals surface area contributed by atoms with E-state index >= 15 is 0 Å². The third-order valence-corrected chi connectivity index (χ3v) is 4.64. The van der Waals surface area contributed by atoms with Crippen LogP contribution in [0, 0.1) is 10.1 Å². The van der Waals surface area contributed by atoms with Crippen molar-refractivity contribution in [1.82, 2.24) is 9.80 Å². The molecule has 0 fully saturated rings. The summed E-state index contributed by atoms with van der Waals surface area (Å²) in [4.78, 5) is 39.0. The number of aliphatic hydroxyl groups is 1. The number of amides is 2. The maximum Gasteiger partial charge on any atom is 0.277 e. The van der Waals surface area contributed by atoms with Crippen LogP contribution in [0.3, 0.4) is 0 Å². The number of benzene rings is 1. The van der Waals surface area contributed by atoms with E-state index in [1.54, 1.807) is 7.05 Å². The van der Waals surface area contributed by atoms with Crippen LogP contribution < -0.4 is 0 Å². The Bertz CT molecular complexity index is 775. The number of carbonyl (C=O) groups is 2. The van der Waals surface area contributed by atoms with Gasteiger partial charge in [-0.15, -0.1) is 0 Å². The van der Waals surface area contributed by atoms with Crippen LogP contribution in [0.4, 0.5) is 5.69 Å². The van der Waals surface area contributed by atoms with Crippen LogP contribution in [-0.2, 0) is 14.3 Å². The zero-order valence-corrected chi connectivity index (χ0v) is 16.8. The van der Waals surface area contributed by atoms with Crippen LogP contribution in [0.5, 0.6) is 0 Å². The minimum atomic E-state index is -0.524. The monoisotopic (exact) mass is 405 g/mol. The molecule has 9 nitrogen and oxygen atoms in total. The third-order valence-electron chi connectivity index (χ3n) is 4.64. The molecule has 2 amide bonds. The molecule has 0 aliphatic carbocycles. The quantitative estimate of drug-likeness (QED) is 0.244. The molecule has 1 aliphatic heterocycles. The molecule has 0 aromatic heterocycles.